The molecule has 1 aliphatic heterocycles. The maximum absolute atomic E-state index is 8.86. The zero-order valence-corrected chi connectivity index (χ0v) is 12.4. The van der Waals surface area contributed by atoms with Gasteiger partial charge in [0.15, 0.2) is 0 Å². The van der Waals surface area contributed by atoms with Crippen molar-refractivity contribution in [2.45, 2.75) is 39.2 Å². The highest BCUT2D eigenvalue weighted by Gasteiger charge is 2.30. The molecule has 0 amide bonds. The topological polar surface area (TPSA) is 61.8 Å². The average molecular weight is 275 g/mol. The first kappa shape index (κ1) is 14.9. The zero-order valence-electron chi connectivity index (χ0n) is 12.4. The minimum absolute atomic E-state index is 0.197. The Kier molecular flexibility index (Phi) is 4.65. The maximum Gasteiger partial charge on any atom is 0.141 e. The van der Waals surface area contributed by atoms with Crippen LogP contribution in [0.5, 0.6) is 0 Å². The molecule has 4 heteroatoms. The molecule has 0 spiro atoms. The normalized spacial score (nSPS) is 21.6. The summed E-state index contributed by atoms with van der Waals surface area (Å²) in [7, 11) is 0. The van der Waals surface area contributed by atoms with Crippen LogP contribution in [0.25, 0.3) is 0 Å². The fraction of sp³-hybridized carbons (Fsp3) is 0.562. The van der Waals surface area contributed by atoms with Crippen LogP contribution >= 0.6 is 0 Å². The van der Waals surface area contributed by atoms with E-state index in [-0.39, 0.29) is 6.04 Å². The van der Waals surface area contributed by atoms with Crippen LogP contribution in [-0.4, -0.2) is 29.0 Å². The second kappa shape index (κ2) is 6.27. The minimum Gasteiger partial charge on any atom is -0.409 e. The standard InChI is InChI=1S/C16H25N3O/c1-16(2)8-10-19(11-9-16)14(12-15(17)18-20)13-6-4-3-5-7-13/h3-7,14,20H,8-12H2,1-2H3,(H2,17,18). The number of hydrogen-bond acceptors (Lipinski definition) is 3. The Morgan fingerprint density at radius 1 is 1.30 bits per heavy atom. The Morgan fingerprint density at radius 2 is 1.90 bits per heavy atom. The van der Waals surface area contributed by atoms with Gasteiger partial charge in [-0.3, -0.25) is 4.90 Å². The van der Waals surface area contributed by atoms with Crippen LogP contribution in [0.3, 0.4) is 0 Å². The van der Waals surface area contributed by atoms with Crippen molar-refractivity contribution in [3.8, 4) is 0 Å². The van der Waals surface area contributed by atoms with E-state index in [0.717, 1.165) is 13.1 Å². The highest BCUT2D eigenvalue weighted by atomic mass is 16.4. The molecule has 1 aromatic rings. The molecule has 0 radical (unpaired) electrons. The van der Waals surface area contributed by atoms with E-state index >= 15 is 0 Å². The first-order chi connectivity index (χ1) is 9.52. The van der Waals surface area contributed by atoms with E-state index < -0.39 is 0 Å². The third kappa shape index (κ3) is 3.73. The van der Waals surface area contributed by atoms with Crippen molar-refractivity contribution in [1.82, 2.24) is 4.90 Å². The Morgan fingerprint density at radius 3 is 2.45 bits per heavy atom. The summed E-state index contributed by atoms with van der Waals surface area (Å²) >= 11 is 0. The van der Waals surface area contributed by atoms with E-state index in [1.165, 1.54) is 18.4 Å². The molecule has 1 aliphatic rings. The molecular weight excluding hydrogens is 250 g/mol. The summed E-state index contributed by atoms with van der Waals surface area (Å²) in [6.45, 7) is 6.77. The zero-order chi connectivity index (χ0) is 14.6. The van der Waals surface area contributed by atoms with Gasteiger partial charge < -0.3 is 10.9 Å². The average Bonchev–Trinajstić information content (AvgIpc) is 2.46. The quantitative estimate of drug-likeness (QED) is 0.384. The molecule has 110 valence electrons. The van der Waals surface area contributed by atoms with Gasteiger partial charge in [-0.15, -0.1) is 0 Å². The van der Waals surface area contributed by atoms with Crippen molar-refractivity contribution in [3.63, 3.8) is 0 Å². The van der Waals surface area contributed by atoms with Gasteiger partial charge >= 0.3 is 0 Å². The number of hydrogen-bond donors (Lipinski definition) is 2. The molecule has 0 aliphatic carbocycles. The van der Waals surface area contributed by atoms with Crippen molar-refractivity contribution >= 4 is 5.84 Å². The van der Waals surface area contributed by atoms with Crippen LogP contribution in [0, 0.1) is 5.41 Å². The van der Waals surface area contributed by atoms with Gasteiger partial charge in [-0.1, -0.05) is 49.3 Å². The number of piperidine rings is 1. The number of benzene rings is 1. The SMILES string of the molecule is CC1(C)CCN(C(CC(N)=NO)c2ccccc2)CC1. The van der Waals surface area contributed by atoms with E-state index in [1.807, 2.05) is 18.2 Å². The van der Waals surface area contributed by atoms with Gasteiger partial charge in [0.05, 0.1) is 0 Å². The molecule has 1 heterocycles. The lowest BCUT2D eigenvalue weighted by Crippen LogP contribution is -2.41. The Hall–Kier alpha value is -1.55. The van der Waals surface area contributed by atoms with Crippen molar-refractivity contribution < 1.29 is 5.21 Å². The number of nitrogens with zero attached hydrogens (tertiary/aromatic N) is 2. The molecule has 4 nitrogen and oxygen atoms in total. The first-order valence-corrected chi connectivity index (χ1v) is 7.27. The Labute approximate surface area is 121 Å². The third-order valence-corrected chi connectivity index (χ3v) is 4.31. The fourth-order valence-electron chi connectivity index (χ4n) is 2.81. The van der Waals surface area contributed by atoms with Crippen LogP contribution in [-0.2, 0) is 0 Å². The predicted molar refractivity (Wildman–Crippen MR) is 81.8 cm³/mol. The van der Waals surface area contributed by atoms with Crippen LogP contribution in [0.2, 0.25) is 0 Å². The summed E-state index contributed by atoms with van der Waals surface area (Å²) in [4.78, 5) is 2.46. The van der Waals surface area contributed by atoms with Crippen LogP contribution in [0.4, 0.5) is 0 Å². The van der Waals surface area contributed by atoms with Gasteiger partial charge in [0, 0.05) is 12.5 Å². The molecule has 1 fully saturated rings. The van der Waals surface area contributed by atoms with Gasteiger partial charge in [-0.2, -0.15) is 0 Å². The largest absolute Gasteiger partial charge is 0.409 e. The summed E-state index contributed by atoms with van der Waals surface area (Å²) in [6, 6.07) is 10.5. The molecule has 2 rings (SSSR count). The van der Waals surface area contributed by atoms with Gasteiger partial charge in [0.1, 0.15) is 5.84 Å². The van der Waals surface area contributed by atoms with E-state index in [2.05, 4.69) is 36.0 Å². The number of oxime groups is 1. The molecule has 3 N–H and O–H groups in total. The van der Waals surface area contributed by atoms with E-state index in [0.29, 0.717) is 17.7 Å². The maximum atomic E-state index is 8.86. The third-order valence-electron chi connectivity index (χ3n) is 4.31. The second-order valence-electron chi connectivity index (χ2n) is 6.42. The molecule has 20 heavy (non-hydrogen) atoms. The summed E-state index contributed by atoms with van der Waals surface area (Å²) in [6.07, 6.45) is 2.94. The van der Waals surface area contributed by atoms with Crippen molar-refractivity contribution in [3.05, 3.63) is 35.9 Å². The van der Waals surface area contributed by atoms with Crippen LogP contribution in [0.1, 0.15) is 44.7 Å². The van der Waals surface area contributed by atoms with E-state index in [4.69, 9.17) is 10.9 Å². The molecule has 0 aromatic heterocycles. The summed E-state index contributed by atoms with van der Waals surface area (Å²) in [5.74, 6) is 0.295. The van der Waals surface area contributed by atoms with Gasteiger partial charge in [-0.25, -0.2) is 0 Å². The van der Waals surface area contributed by atoms with Crippen LogP contribution < -0.4 is 5.73 Å². The monoisotopic (exact) mass is 275 g/mol. The minimum atomic E-state index is 0.197. The van der Waals surface area contributed by atoms with Crippen LogP contribution in [0.15, 0.2) is 35.5 Å². The van der Waals surface area contributed by atoms with Crippen molar-refractivity contribution in [2.24, 2.45) is 16.3 Å². The first-order valence-electron chi connectivity index (χ1n) is 7.27. The second-order valence-corrected chi connectivity index (χ2v) is 6.42. The Balaban J connectivity index is 2.15. The molecule has 0 saturated carbocycles. The summed E-state index contributed by atoms with van der Waals surface area (Å²) < 4.78 is 0. The summed E-state index contributed by atoms with van der Waals surface area (Å²) in [5.41, 5.74) is 7.40. The number of amidine groups is 1. The Bertz CT molecular complexity index is 446. The fourth-order valence-corrected chi connectivity index (χ4v) is 2.81. The number of rotatable bonds is 4. The lowest BCUT2D eigenvalue weighted by molar-refractivity contribution is 0.0955. The smallest absolute Gasteiger partial charge is 0.141 e. The molecule has 1 saturated heterocycles. The lowest BCUT2D eigenvalue weighted by Gasteiger charge is -2.41. The number of likely N-dealkylation sites (tertiary alicyclic amines) is 1. The molecule has 1 atom stereocenters. The van der Waals surface area contributed by atoms with Gasteiger partial charge in [-0.05, 0) is 36.9 Å². The molecule has 1 unspecified atom stereocenters. The highest BCUT2D eigenvalue weighted by molar-refractivity contribution is 5.80. The van der Waals surface area contributed by atoms with Crippen molar-refractivity contribution in [2.75, 3.05) is 13.1 Å². The van der Waals surface area contributed by atoms with Gasteiger partial charge in [0.25, 0.3) is 0 Å². The summed E-state index contributed by atoms with van der Waals surface area (Å²) in [5, 5.41) is 12.0. The van der Waals surface area contributed by atoms with E-state index in [9.17, 15) is 0 Å². The van der Waals surface area contributed by atoms with Crippen molar-refractivity contribution in [1.29, 1.82) is 0 Å². The molecule has 1 aromatic carbocycles. The molecular formula is C16H25N3O. The van der Waals surface area contributed by atoms with E-state index in [1.54, 1.807) is 0 Å². The number of nitrogens with two attached hydrogens (primary N) is 1. The van der Waals surface area contributed by atoms with Gasteiger partial charge in [0.2, 0.25) is 0 Å². The lowest BCUT2D eigenvalue weighted by atomic mass is 9.81. The molecule has 0 bridgehead atoms. The highest BCUT2D eigenvalue weighted by Crippen LogP contribution is 2.35. The predicted octanol–water partition coefficient (Wildman–Crippen LogP) is 2.99.